The Balaban J connectivity index is 1.98. The summed E-state index contributed by atoms with van der Waals surface area (Å²) in [5.41, 5.74) is 2.11. The highest BCUT2D eigenvalue weighted by molar-refractivity contribution is 6.07. The van der Waals surface area contributed by atoms with Crippen LogP contribution in [0.1, 0.15) is 39.3 Å². The number of pyridine rings is 1. The number of anilines is 1. The van der Waals surface area contributed by atoms with Crippen molar-refractivity contribution in [2.24, 2.45) is 0 Å². The zero-order valence-electron chi connectivity index (χ0n) is 13.4. The zero-order valence-corrected chi connectivity index (χ0v) is 13.4. The summed E-state index contributed by atoms with van der Waals surface area (Å²) >= 11 is 0. The molecular formula is C18H18N2O4. The number of carbonyl (C=O) groups excluding carboxylic acids is 1. The standard InChI is InChI=1S/C18H18N2O4/c1-24-14-5-6-16-12(10-14)4-2-3-9-20(16)17(21)13-7-8-19-15(11-13)18(22)23/h5-8,10-11H,2-4,9H2,1H3,(H,22,23). The molecule has 1 aromatic carbocycles. The van der Waals surface area contributed by atoms with Crippen LogP contribution in [0, 0.1) is 0 Å². The van der Waals surface area contributed by atoms with Crippen molar-refractivity contribution < 1.29 is 19.4 Å². The number of nitrogens with zero attached hydrogens (tertiary/aromatic N) is 2. The molecule has 1 aliphatic heterocycles. The van der Waals surface area contributed by atoms with E-state index in [0.717, 1.165) is 36.3 Å². The van der Waals surface area contributed by atoms with Crippen LogP contribution in [-0.4, -0.2) is 35.6 Å². The maximum absolute atomic E-state index is 12.9. The molecule has 3 rings (SSSR count). The third-order valence-electron chi connectivity index (χ3n) is 4.13. The quantitative estimate of drug-likeness (QED) is 0.938. The summed E-state index contributed by atoms with van der Waals surface area (Å²) in [6.07, 6.45) is 4.11. The number of fused-ring (bicyclic) bond motifs is 1. The number of carboxylic acid groups (broad SMARTS) is 1. The van der Waals surface area contributed by atoms with Gasteiger partial charge >= 0.3 is 5.97 Å². The molecule has 6 nitrogen and oxygen atoms in total. The minimum atomic E-state index is -1.15. The molecule has 124 valence electrons. The lowest BCUT2D eigenvalue weighted by Crippen LogP contribution is -2.32. The van der Waals surface area contributed by atoms with Gasteiger partial charge in [0.25, 0.3) is 5.91 Å². The molecule has 1 aromatic heterocycles. The van der Waals surface area contributed by atoms with Gasteiger partial charge < -0.3 is 14.7 Å². The third kappa shape index (κ3) is 3.08. The number of aromatic nitrogens is 1. The van der Waals surface area contributed by atoms with Gasteiger partial charge in [-0.25, -0.2) is 9.78 Å². The number of aromatic carboxylic acids is 1. The van der Waals surface area contributed by atoms with E-state index in [0.29, 0.717) is 12.1 Å². The van der Waals surface area contributed by atoms with E-state index in [-0.39, 0.29) is 11.6 Å². The van der Waals surface area contributed by atoms with Crippen molar-refractivity contribution in [1.29, 1.82) is 0 Å². The molecule has 1 aliphatic rings. The Kier molecular flexibility index (Phi) is 4.46. The predicted molar refractivity (Wildman–Crippen MR) is 88.8 cm³/mol. The third-order valence-corrected chi connectivity index (χ3v) is 4.13. The summed E-state index contributed by atoms with van der Waals surface area (Å²) in [7, 11) is 1.62. The van der Waals surface area contributed by atoms with Crippen molar-refractivity contribution in [2.45, 2.75) is 19.3 Å². The first-order valence-corrected chi connectivity index (χ1v) is 7.78. The Hall–Kier alpha value is -2.89. The summed E-state index contributed by atoms with van der Waals surface area (Å²) in [6.45, 7) is 0.600. The second-order valence-corrected chi connectivity index (χ2v) is 5.64. The molecular weight excluding hydrogens is 308 g/mol. The molecule has 0 spiro atoms. The van der Waals surface area contributed by atoms with Crippen molar-refractivity contribution in [3.8, 4) is 5.75 Å². The van der Waals surface area contributed by atoms with E-state index in [1.54, 1.807) is 18.1 Å². The van der Waals surface area contributed by atoms with Crippen molar-refractivity contribution in [2.75, 3.05) is 18.6 Å². The SMILES string of the molecule is COc1ccc2c(c1)CCCCN2C(=O)c1ccnc(C(=O)O)c1. The van der Waals surface area contributed by atoms with E-state index in [9.17, 15) is 9.59 Å². The molecule has 2 aromatic rings. The predicted octanol–water partition coefficient (Wildman–Crippen LogP) is 2.77. The van der Waals surface area contributed by atoms with Gasteiger partial charge in [-0.05, 0) is 55.2 Å². The van der Waals surface area contributed by atoms with Crippen molar-refractivity contribution >= 4 is 17.6 Å². The van der Waals surface area contributed by atoms with Crippen LogP contribution < -0.4 is 9.64 Å². The van der Waals surface area contributed by atoms with Gasteiger partial charge in [0.2, 0.25) is 0 Å². The maximum atomic E-state index is 12.9. The fourth-order valence-corrected chi connectivity index (χ4v) is 2.91. The fourth-order valence-electron chi connectivity index (χ4n) is 2.91. The molecule has 2 heterocycles. The summed E-state index contributed by atoms with van der Waals surface area (Å²) in [4.78, 5) is 29.5. The number of carbonyl (C=O) groups is 2. The Bertz CT molecular complexity index is 788. The Morgan fingerprint density at radius 3 is 2.79 bits per heavy atom. The molecule has 0 fully saturated rings. The van der Waals surface area contributed by atoms with Crippen LogP contribution in [-0.2, 0) is 6.42 Å². The summed E-state index contributed by atoms with van der Waals surface area (Å²) in [6, 6.07) is 8.54. The Morgan fingerprint density at radius 1 is 1.21 bits per heavy atom. The largest absolute Gasteiger partial charge is 0.497 e. The van der Waals surface area contributed by atoms with Crippen molar-refractivity contribution in [1.82, 2.24) is 4.98 Å². The van der Waals surface area contributed by atoms with Crippen LogP contribution in [0.4, 0.5) is 5.69 Å². The number of ether oxygens (including phenoxy) is 1. The van der Waals surface area contributed by atoms with Crippen LogP contribution in [0.15, 0.2) is 36.5 Å². The van der Waals surface area contributed by atoms with Crippen LogP contribution >= 0.6 is 0 Å². The van der Waals surface area contributed by atoms with Crippen molar-refractivity contribution in [3.63, 3.8) is 0 Å². The fraction of sp³-hybridized carbons (Fsp3) is 0.278. The molecule has 0 saturated carbocycles. The molecule has 0 bridgehead atoms. The monoisotopic (exact) mass is 326 g/mol. The highest BCUT2D eigenvalue weighted by Gasteiger charge is 2.23. The van der Waals surface area contributed by atoms with Gasteiger partial charge in [-0.2, -0.15) is 0 Å². The Morgan fingerprint density at radius 2 is 2.04 bits per heavy atom. The van der Waals surface area contributed by atoms with Crippen LogP contribution in [0.25, 0.3) is 0 Å². The topological polar surface area (TPSA) is 79.7 Å². The van der Waals surface area contributed by atoms with Gasteiger partial charge in [0.15, 0.2) is 0 Å². The average molecular weight is 326 g/mol. The lowest BCUT2D eigenvalue weighted by molar-refractivity contribution is 0.0690. The number of rotatable bonds is 3. The second-order valence-electron chi connectivity index (χ2n) is 5.64. The number of benzene rings is 1. The van der Waals surface area contributed by atoms with E-state index < -0.39 is 5.97 Å². The number of hydrogen-bond acceptors (Lipinski definition) is 4. The summed E-state index contributed by atoms with van der Waals surface area (Å²) in [5, 5.41) is 9.06. The Labute approximate surface area is 139 Å². The first-order chi connectivity index (χ1) is 11.6. The molecule has 0 aliphatic carbocycles. The first-order valence-electron chi connectivity index (χ1n) is 7.78. The highest BCUT2D eigenvalue weighted by atomic mass is 16.5. The average Bonchev–Trinajstić information content (AvgIpc) is 2.82. The highest BCUT2D eigenvalue weighted by Crippen LogP contribution is 2.31. The zero-order chi connectivity index (χ0) is 17.1. The van der Waals surface area contributed by atoms with Gasteiger partial charge in [0.1, 0.15) is 11.4 Å². The summed E-state index contributed by atoms with van der Waals surface area (Å²) < 4.78 is 5.27. The van der Waals surface area contributed by atoms with E-state index in [4.69, 9.17) is 9.84 Å². The van der Waals surface area contributed by atoms with Gasteiger partial charge in [-0.1, -0.05) is 0 Å². The molecule has 0 saturated heterocycles. The number of methoxy groups -OCH3 is 1. The van der Waals surface area contributed by atoms with Crippen LogP contribution in [0.3, 0.4) is 0 Å². The molecule has 0 atom stereocenters. The molecule has 1 amide bonds. The first kappa shape index (κ1) is 16.0. The van der Waals surface area contributed by atoms with E-state index in [1.165, 1.54) is 12.3 Å². The van der Waals surface area contributed by atoms with Gasteiger partial charge in [-0.15, -0.1) is 0 Å². The number of amides is 1. The van der Waals surface area contributed by atoms with Gasteiger partial charge in [0.05, 0.1) is 7.11 Å². The normalized spacial score (nSPS) is 13.8. The second kappa shape index (κ2) is 6.70. The van der Waals surface area contributed by atoms with Crippen LogP contribution in [0.2, 0.25) is 0 Å². The lowest BCUT2D eigenvalue weighted by Gasteiger charge is -2.23. The maximum Gasteiger partial charge on any atom is 0.354 e. The molecule has 6 heteroatoms. The summed E-state index contributed by atoms with van der Waals surface area (Å²) in [5.74, 6) is -0.598. The minimum absolute atomic E-state index is 0.134. The molecule has 1 N–H and O–H groups in total. The van der Waals surface area contributed by atoms with Gasteiger partial charge in [0, 0.05) is 24.0 Å². The van der Waals surface area contributed by atoms with Gasteiger partial charge in [-0.3, -0.25) is 4.79 Å². The minimum Gasteiger partial charge on any atom is -0.497 e. The van der Waals surface area contributed by atoms with E-state index >= 15 is 0 Å². The lowest BCUT2D eigenvalue weighted by atomic mass is 10.1. The number of hydrogen-bond donors (Lipinski definition) is 1. The number of aryl methyl sites for hydroxylation is 1. The number of carboxylic acids is 1. The molecule has 0 unspecified atom stereocenters. The van der Waals surface area contributed by atoms with E-state index in [2.05, 4.69) is 4.98 Å². The van der Waals surface area contributed by atoms with E-state index in [1.807, 2.05) is 18.2 Å². The molecule has 24 heavy (non-hydrogen) atoms. The smallest absolute Gasteiger partial charge is 0.354 e. The molecule has 0 radical (unpaired) electrons. The van der Waals surface area contributed by atoms with Crippen molar-refractivity contribution in [3.05, 3.63) is 53.3 Å². The van der Waals surface area contributed by atoms with Crippen LogP contribution in [0.5, 0.6) is 5.75 Å².